The van der Waals surface area contributed by atoms with Crippen LogP contribution >= 0.6 is 11.6 Å². The molecule has 1 N–H and O–H groups in total. The Morgan fingerprint density at radius 2 is 1.76 bits per heavy atom. The first-order chi connectivity index (χ1) is 12.0. The van der Waals surface area contributed by atoms with E-state index in [0.29, 0.717) is 11.1 Å². The van der Waals surface area contributed by atoms with E-state index >= 15 is 0 Å². The lowest BCUT2D eigenvalue weighted by Crippen LogP contribution is -2.29. The van der Waals surface area contributed by atoms with Crippen LogP contribution in [0.1, 0.15) is 17.4 Å². The van der Waals surface area contributed by atoms with Gasteiger partial charge in [-0.15, -0.1) is 0 Å². The summed E-state index contributed by atoms with van der Waals surface area (Å²) in [5.74, 6) is -1.75. The molecule has 0 bridgehead atoms. The van der Waals surface area contributed by atoms with Crippen molar-refractivity contribution in [3.05, 3.63) is 64.2 Å². The normalized spacial score (nSPS) is 16.9. The van der Waals surface area contributed by atoms with Crippen LogP contribution in [0.15, 0.2) is 48.0 Å². The molecule has 0 atom stereocenters. The van der Waals surface area contributed by atoms with Gasteiger partial charge in [0.1, 0.15) is 5.57 Å². The number of carbonyl (C=O) groups is 2. The van der Waals surface area contributed by atoms with Crippen LogP contribution in [-0.4, -0.2) is 24.2 Å². The molecule has 1 aliphatic rings. The van der Waals surface area contributed by atoms with Gasteiger partial charge in [0.05, 0.1) is 12.1 Å². The number of rotatable bonds is 3. The first-order valence-corrected chi connectivity index (χ1v) is 7.62. The predicted octanol–water partition coefficient (Wildman–Crippen LogP) is 3.24. The Hall–Kier alpha value is -2.99. The zero-order valence-corrected chi connectivity index (χ0v) is 13.8. The number of benzene rings is 2. The molecule has 25 heavy (non-hydrogen) atoms. The summed E-state index contributed by atoms with van der Waals surface area (Å²) < 4.78 is 15.3. The van der Waals surface area contributed by atoms with Gasteiger partial charge < -0.3 is 19.3 Å². The quantitative estimate of drug-likeness (QED) is 0.514. The first-order valence-electron chi connectivity index (χ1n) is 7.24. The van der Waals surface area contributed by atoms with E-state index in [9.17, 15) is 14.7 Å². The van der Waals surface area contributed by atoms with Crippen LogP contribution in [0.2, 0.25) is 5.02 Å². The van der Waals surface area contributed by atoms with Crippen LogP contribution in [-0.2, 0) is 19.1 Å². The minimum atomic E-state index is -1.09. The molecule has 0 amide bonds. The van der Waals surface area contributed by atoms with Crippen LogP contribution in [0, 0.1) is 0 Å². The molecule has 1 fully saturated rings. The minimum Gasteiger partial charge on any atom is -0.503 e. The van der Waals surface area contributed by atoms with Crippen molar-refractivity contribution in [3.63, 3.8) is 0 Å². The Labute approximate surface area is 148 Å². The third-order valence-electron chi connectivity index (χ3n) is 3.52. The molecule has 0 aliphatic carbocycles. The summed E-state index contributed by atoms with van der Waals surface area (Å²) >= 11 is 5.90. The molecule has 0 radical (unpaired) electrons. The number of hydrogen-bond acceptors (Lipinski definition) is 6. The van der Waals surface area contributed by atoms with E-state index in [1.807, 2.05) is 0 Å². The van der Waals surface area contributed by atoms with Crippen molar-refractivity contribution >= 4 is 29.6 Å². The van der Waals surface area contributed by atoms with Gasteiger partial charge >= 0.3 is 11.9 Å². The molecule has 1 saturated heterocycles. The Kier molecular flexibility index (Phi) is 4.63. The van der Waals surface area contributed by atoms with E-state index in [1.165, 1.54) is 25.3 Å². The molecule has 0 aromatic heterocycles. The Balaban J connectivity index is 1.89. The number of phenols is 1. The van der Waals surface area contributed by atoms with Crippen molar-refractivity contribution in [1.29, 1.82) is 0 Å². The number of cyclic esters (lactones) is 2. The molecule has 6 nitrogen and oxygen atoms in total. The fraction of sp³-hybridized carbons (Fsp3) is 0.111. The summed E-state index contributed by atoms with van der Waals surface area (Å²) in [5.41, 5.74) is 0.648. The molecule has 2 aromatic carbocycles. The van der Waals surface area contributed by atoms with Gasteiger partial charge in [-0.05, 0) is 23.8 Å². The average molecular weight is 361 g/mol. The highest BCUT2D eigenvalue weighted by molar-refractivity contribution is 6.32. The lowest BCUT2D eigenvalue weighted by atomic mass is 10.1. The smallest absolute Gasteiger partial charge is 0.348 e. The standard InChI is InChI=1S/C18H13ClO6/c1-23-14-9-10(8-13(19)15(14)20)7-12-16(21)24-18(25-17(12)22)11-5-3-2-4-6-11/h2-9,18,20H,1H3. The van der Waals surface area contributed by atoms with Crippen LogP contribution < -0.4 is 4.74 Å². The molecule has 128 valence electrons. The van der Waals surface area contributed by atoms with Gasteiger partial charge in [-0.3, -0.25) is 0 Å². The summed E-state index contributed by atoms with van der Waals surface area (Å²) in [6, 6.07) is 11.5. The molecule has 3 rings (SSSR count). The van der Waals surface area contributed by atoms with Gasteiger partial charge in [-0.1, -0.05) is 41.9 Å². The summed E-state index contributed by atoms with van der Waals surface area (Å²) in [6.45, 7) is 0. The minimum absolute atomic E-state index is 0.0194. The average Bonchev–Trinajstić information content (AvgIpc) is 2.61. The molecule has 2 aromatic rings. The van der Waals surface area contributed by atoms with Crippen LogP contribution in [0.3, 0.4) is 0 Å². The fourth-order valence-corrected chi connectivity index (χ4v) is 2.51. The zero-order valence-electron chi connectivity index (χ0n) is 13.1. The van der Waals surface area contributed by atoms with Gasteiger partial charge in [-0.2, -0.15) is 0 Å². The summed E-state index contributed by atoms with van der Waals surface area (Å²) in [4.78, 5) is 24.4. The maximum absolute atomic E-state index is 12.2. The van der Waals surface area contributed by atoms with Gasteiger partial charge in [0, 0.05) is 5.56 Å². The molecule has 1 heterocycles. The highest BCUT2D eigenvalue weighted by Gasteiger charge is 2.34. The van der Waals surface area contributed by atoms with Gasteiger partial charge in [0.2, 0.25) is 0 Å². The first kappa shape index (κ1) is 16.9. The monoisotopic (exact) mass is 360 g/mol. The van der Waals surface area contributed by atoms with Crippen LogP contribution in [0.25, 0.3) is 6.08 Å². The maximum atomic E-state index is 12.2. The number of aromatic hydroxyl groups is 1. The van der Waals surface area contributed by atoms with E-state index < -0.39 is 18.2 Å². The Morgan fingerprint density at radius 1 is 1.12 bits per heavy atom. The third kappa shape index (κ3) is 3.44. The van der Waals surface area contributed by atoms with E-state index in [1.54, 1.807) is 30.3 Å². The second-order valence-electron chi connectivity index (χ2n) is 5.16. The SMILES string of the molecule is COc1cc(C=C2C(=O)OC(c3ccccc3)OC2=O)cc(Cl)c1O. The van der Waals surface area contributed by atoms with Gasteiger partial charge in [-0.25, -0.2) is 9.59 Å². The van der Waals surface area contributed by atoms with Crippen LogP contribution in [0.5, 0.6) is 11.5 Å². The largest absolute Gasteiger partial charge is 0.503 e. The van der Waals surface area contributed by atoms with Crippen molar-refractivity contribution in [2.24, 2.45) is 0 Å². The number of halogens is 1. The fourth-order valence-electron chi connectivity index (χ4n) is 2.29. The van der Waals surface area contributed by atoms with E-state index in [-0.39, 0.29) is 22.1 Å². The molecular formula is C18H13ClO6. The summed E-state index contributed by atoms with van der Waals surface area (Å²) in [5, 5.41) is 9.75. The molecule has 0 saturated carbocycles. The van der Waals surface area contributed by atoms with E-state index in [0.717, 1.165) is 0 Å². The topological polar surface area (TPSA) is 82.1 Å². The molecule has 7 heteroatoms. The Bertz CT molecular complexity index is 839. The van der Waals surface area contributed by atoms with Crippen molar-refractivity contribution in [3.8, 4) is 11.5 Å². The number of hydrogen-bond donors (Lipinski definition) is 1. The third-order valence-corrected chi connectivity index (χ3v) is 3.81. The molecular weight excluding hydrogens is 348 g/mol. The summed E-state index contributed by atoms with van der Waals surface area (Å²) in [6.07, 6.45) is 0.177. The predicted molar refractivity (Wildman–Crippen MR) is 89.0 cm³/mol. The van der Waals surface area contributed by atoms with Crippen molar-refractivity contribution < 1.29 is 28.9 Å². The molecule has 0 spiro atoms. The lowest BCUT2D eigenvalue weighted by molar-refractivity contribution is -0.195. The van der Waals surface area contributed by atoms with Gasteiger partial charge in [0.25, 0.3) is 6.29 Å². The van der Waals surface area contributed by atoms with Gasteiger partial charge in [0.15, 0.2) is 11.5 Å². The number of ether oxygens (including phenoxy) is 3. The van der Waals surface area contributed by atoms with Crippen molar-refractivity contribution in [1.82, 2.24) is 0 Å². The number of esters is 2. The highest BCUT2D eigenvalue weighted by Crippen LogP contribution is 2.36. The van der Waals surface area contributed by atoms with E-state index in [2.05, 4.69) is 0 Å². The number of methoxy groups -OCH3 is 1. The second kappa shape index (κ2) is 6.86. The second-order valence-corrected chi connectivity index (χ2v) is 5.57. The molecule has 1 aliphatic heterocycles. The lowest BCUT2D eigenvalue weighted by Gasteiger charge is -2.24. The maximum Gasteiger partial charge on any atom is 0.348 e. The van der Waals surface area contributed by atoms with Crippen molar-refractivity contribution in [2.75, 3.05) is 7.11 Å². The van der Waals surface area contributed by atoms with Crippen molar-refractivity contribution in [2.45, 2.75) is 6.29 Å². The zero-order chi connectivity index (χ0) is 18.0. The highest BCUT2D eigenvalue weighted by atomic mass is 35.5. The van der Waals surface area contributed by atoms with Crippen LogP contribution in [0.4, 0.5) is 0 Å². The van der Waals surface area contributed by atoms with E-state index in [4.69, 9.17) is 25.8 Å². The Morgan fingerprint density at radius 3 is 2.36 bits per heavy atom. The number of carbonyl (C=O) groups excluding carboxylic acids is 2. The number of phenolic OH excluding ortho intramolecular Hbond substituents is 1. The summed E-state index contributed by atoms with van der Waals surface area (Å²) in [7, 11) is 1.36. The molecule has 0 unspecified atom stereocenters.